The van der Waals surface area contributed by atoms with Crippen LogP contribution in [0, 0.1) is 0 Å². The summed E-state index contributed by atoms with van der Waals surface area (Å²) in [5.74, 6) is -1.19. The number of halogens is 3. The maximum absolute atomic E-state index is 13.9. The van der Waals surface area contributed by atoms with Gasteiger partial charge in [-0.15, -0.1) is 0 Å². The molecule has 0 amide bonds. The molecule has 39 heavy (non-hydrogen) atoms. The van der Waals surface area contributed by atoms with Crippen molar-refractivity contribution in [2.24, 2.45) is 0 Å². The predicted molar refractivity (Wildman–Crippen MR) is 148 cm³/mol. The Bertz CT molecular complexity index is 1670. The van der Waals surface area contributed by atoms with Crippen LogP contribution in [0.25, 0.3) is 28.0 Å². The van der Waals surface area contributed by atoms with Crippen LogP contribution in [0.5, 0.6) is 0 Å². The molecule has 1 atom stereocenters. The van der Waals surface area contributed by atoms with E-state index in [-0.39, 0.29) is 24.1 Å². The topological polar surface area (TPSA) is 62.5 Å². The second-order valence-electron chi connectivity index (χ2n) is 9.40. The van der Waals surface area contributed by atoms with Gasteiger partial charge in [0.05, 0.1) is 5.56 Å². The van der Waals surface area contributed by atoms with Crippen LogP contribution in [-0.4, -0.2) is 33.5 Å². The number of aromatic nitrogens is 1. The summed E-state index contributed by atoms with van der Waals surface area (Å²) in [6.45, 7) is 1.80. The van der Waals surface area contributed by atoms with Crippen LogP contribution >= 0.6 is 11.9 Å². The smallest absolute Gasteiger partial charge is 0.416 e. The van der Waals surface area contributed by atoms with Gasteiger partial charge in [0.1, 0.15) is 11.1 Å². The quantitative estimate of drug-likeness (QED) is 0.274. The van der Waals surface area contributed by atoms with Gasteiger partial charge in [-0.25, -0.2) is 9.10 Å². The fourth-order valence-corrected chi connectivity index (χ4v) is 6.26. The molecule has 0 aliphatic carbocycles. The minimum absolute atomic E-state index is 0.0624. The zero-order valence-electron chi connectivity index (χ0n) is 21.2. The summed E-state index contributed by atoms with van der Waals surface area (Å²) in [7, 11) is 1.70. The molecule has 9 heteroatoms. The van der Waals surface area contributed by atoms with Crippen LogP contribution < -0.4 is 5.56 Å². The van der Waals surface area contributed by atoms with Gasteiger partial charge in [-0.05, 0) is 71.9 Å². The Morgan fingerprint density at radius 2 is 1.82 bits per heavy atom. The summed E-state index contributed by atoms with van der Waals surface area (Å²) >= 11 is 1.16. The van der Waals surface area contributed by atoms with Crippen LogP contribution in [0.2, 0.25) is 0 Å². The lowest BCUT2D eigenvalue weighted by molar-refractivity contribution is -0.141. The molecule has 0 radical (unpaired) electrons. The molecule has 0 bridgehead atoms. The minimum Gasteiger partial charge on any atom is -0.480 e. The van der Waals surface area contributed by atoms with Gasteiger partial charge in [-0.2, -0.15) is 13.2 Å². The Morgan fingerprint density at radius 3 is 2.54 bits per heavy atom. The monoisotopic (exact) mass is 550 g/mol. The van der Waals surface area contributed by atoms with Crippen LogP contribution in [0.1, 0.15) is 35.2 Å². The minimum atomic E-state index is -4.57. The van der Waals surface area contributed by atoms with Crippen molar-refractivity contribution in [1.82, 2.24) is 8.87 Å². The maximum atomic E-state index is 13.9. The number of carbonyl (C=O) groups is 1. The van der Waals surface area contributed by atoms with E-state index < -0.39 is 29.3 Å². The van der Waals surface area contributed by atoms with E-state index in [1.165, 1.54) is 10.6 Å². The number of pyridine rings is 1. The number of fused-ring (bicyclic) bond motifs is 2. The van der Waals surface area contributed by atoms with Gasteiger partial charge in [0.25, 0.3) is 5.56 Å². The summed E-state index contributed by atoms with van der Waals surface area (Å²) in [5.41, 5.74) is 1.09. The van der Waals surface area contributed by atoms with E-state index in [1.54, 1.807) is 36.5 Å². The third-order valence-electron chi connectivity index (χ3n) is 6.84. The average molecular weight is 551 g/mol. The number of allylic oxidation sites excluding steroid dienone is 1. The first kappa shape index (κ1) is 26.8. The highest BCUT2D eigenvalue weighted by Gasteiger charge is 2.36. The zero-order chi connectivity index (χ0) is 27.9. The highest BCUT2D eigenvalue weighted by Crippen LogP contribution is 2.43. The number of benzene rings is 3. The number of hydrogen-bond acceptors (Lipinski definition) is 4. The molecule has 1 aliphatic rings. The number of rotatable bonds is 5. The molecule has 5 nitrogen and oxygen atoms in total. The Labute approximate surface area is 227 Å². The number of alkyl halides is 3. The van der Waals surface area contributed by atoms with E-state index in [1.807, 2.05) is 42.5 Å². The zero-order valence-corrected chi connectivity index (χ0v) is 22.0. The van der Waals surface area contributed by atoms with Gasteiger partial charge >= 0.3 is 12.1 Å². The van der Waals surface area contributed by atoms with Crippen LogP contribution in [-0.2, 0) is 17.4 Å². The summed E-state index contributed by atoms with van der Waals surface area (Å²) in [5, 5.41) is 12.3. The Morgan fingerprint density at radius 1 is 1.10 bits per heavy atom. The number of nitrogens with zero attached hydrogens (tertiary/aromatic N) is 2. The fourth-order valence-electron chi connectivity index (χ4n) is 5.11. The SMILES string of the molecule is C/C=C/c1c(Cc2cccc3ccccc23)c(-c2cccc(C(F)(F)F)c2)c2n(c1=O)C(C(=O)O)CN(C)S2. The van der Waals surface area contributed by atoms with Crippen molar-refractivity contribution >= 4 is 34.8 Å². The van der Waals surface area contributed by atoms with E-state index in [4.69, 9.17) is 0 Å². The van der Waals surface area contributed by atoms with Gasteiger partial charge in [-0.1, -0.05) is 66.7 Å². The third-order valence-corrected chi connectivity index (χ3v) is 7.87. The maximum Gasteiger partial charge on any atom is 0.416 e. The Kier molecular flexibility index (Phi) is 7.13. The van der Waals surface area contributed by atoms with Gasteiger partial charge in [-0.3, -0.25) is 9.36 Å². The fraction of sp³-hybridized carbons (Fsp3) is 0.200. The van der Waals surface area contributed by atoms with Crippen LogP contribution in [0.15, 0.2) is 82.6 Å². The average Bonchev–Trinajstić information content (AvgIpc) is 2.90. The van der Waals surface area contributed by atoms with Gasteiger partial charge in [0, 0.05) is 17.7 Å². The Hall–Kier alpha value is -3.82. The molecular weight excluding hydrogens is 525 g/mol. The standard InChI is InChI=1S/C30H25F3N2O3S/c1-3-8-23-24(16-19-11-6-10-18-9-4-5-14-22(18)19)26(20-12-7-13-21(15-20)30(31,32)33)28-35(27(23)36)25(29(37)38)17-34(2)39-28/h3-15,25H,16-17H2,1-2H3,(H,37,38)/b8-3+. The third kappa shape index (κ3) is 4.99. The Balaban J connectivity index is 1.89. The first-order chi connectivity index (χ1) is 18.6. The van der Waals surface area contributed by atoms with E-state index in [0.717, 1.165) is 40.4 Å². The largest absolute Gasteiger partial charge is 0.480 e. The summed E-state index contributed by atoms with van der Waals surface area (Å²) in [4.78, 5) is 26.2. The first-order valence-corrected chi connectivity index (χ1v) is 13.1. The summed E-state index contributed by atoms with van der Waals surface area (Å²) < 4.78 is 44.3. The lowest BCUT2D eigenvalue weighted by atomic mass is 9.89. The molecule has 1 unspecified atom stereocenters. The molecule has 1 aliphatic heterocycles. The normalized spacial score (nSPS) is 16.1. The molecular formula is C30H25F3N2O3S. The molecule has 1 N–H and O–H groups in total. The van der Waals surface area contributed by atoms with E-state index >= 15 is 0 Å². The molecule has 0 fully saturated rings. The van der Waals surface area contributed by atoms with Gasteiger partial charge in [0.15, 0.2) is 0 Å². The highest BCUT2D eigenvalue weighted by molar-refractivity contribution is 7.97. The molecule has 5 rings (SSSR count). The van der Waals surface area contributed by atoms with Crippen LogP contribution in [0.3, 0.4) is 0 Å². The molecule has 0 saturated carbocycles. The van der Waals surface area contributed by atoms with Crippen molar-refractivity contribution in [3.8, 4) is 11.1 Å². The number of carboxylic acids is 1. The van der Waals surface area contributed by atoms with Crippen molar-refractivity contribution in [3.05, 3.63) is 105 Å². The predicted octanol–water partition coefficient (Wildman–Crippen LogP) is 6.89. The molecule has 0 spiro atoms. The second kappa shape index (κ2) is 10.4. The molecule has 2 heterocycles. The van der Waals surface area contributed by atoms with E-state index in [9.17, 15) is 27.9 Å². The van der Waals surface area contributed by atoms with Gasteiger partial charge in [0.2, 0.25) is 0 Å². The van der Waals surface area contributed by atoms with Crippen molar-refractivity contribution in [2.75, 3.05) is 13.6 Å². The van der Waals surface area contributed by atoms with Gasteiger partial charge < -0.3 is 5.11 Å². The molecule has 200 valence electrons. The first-order valence-electron chi connectivity index (χ1n) is 12.3. The molecule has 1 aromatic heterocycles. The van der Waals surface area contributed by atoms with Crippen molar-refractivity contribution in [2.45, 2.75) is 30.6 Å². The van der Waals surface area contributed by atoms with Crippen molar-refractivity contribution in [3.63, 3.8) is 0 Å². The molecule has 3 aromatic carbocycles. The summed E-state index contributed by atoms with van der Waals surface area (Å²) in [6.07, 6.45) is -1.01. The number of likely N-dealkylation sites (N-methyl/N-ethyl adjacent to an activating group) is 1. The van der Waals surface area contributed by atoms with Crippen molar-refractivity contribution < 1.29 is 23.1 Å². The number of hydrogen-bond donors (Lipinski definition) is 1. The van der Waals surface area contributed by atoms with Crippen LogP contribution in [0.4, 0.5) is 13.2 Å². The summed E-state index contributed by atoms with van der Waals surface area (Å²) in [6, 6.07) is 17.4. The second-order valence-corrected chi connectivity index (χ2v) is 10.6. The highest BCUT2D eigenvalue weighted by atomic mass is 32.2. The molecule has 0 saturated heterocycles. The number of aliphatic carboxylic acids is 1. The van der Waals surface area contributed by atoms with E-state index in [0.29, 0.717) is 16.2 Å². The molecule has 4 aromatic rings. The van der Waals surface area contributed by atoms with Crippen molar-refractivity contribution in [1.29, 1.82) is 0 Å². The van der Waals surface area contributed by atoms with E-state index in [2.05, 4.69) is 0 Å². The lowest BCUT2D eigenvalue weighted by Gasteiger charge is -2.33. The lowest BCUT2D eigenvalue weighted by Crippen LogP contribution is -2.42. The number of carboxylic acid groups (broad SMARTS) is 1.